The number of ether oxygens (including phenoxy) is 1. The largest absolute Gasteiger partial charge is 0.463 e. The van der Waals surface area contributed by atoms with Crippen molar-refractivity contribution in [1.29, 1.82) is 0 Å². The SMILES string of the molecule is COC(=O)c1occc1CNCCNC(C)=O. The van der Waals surface area contributed by atoms with Gasteiger partial charge in [0.15, 0.2) is 0 Å². The zero-order valence-electron chi connectivity index (χ0n) is 9.91. The molecule has 0 aliphatic carbocycles. The zero-order valence-corrected chi connectivity index (χ0v) is 9.91. The van der Waals surface area contributed by atoms with Crippen LogP contribution in [0.5, 0.6) is 0 Å². The fourth-order valence-corrected chi connectivity index (χ4v) is 1.30. The first kappa shape index (κ1) is 13.2. The lowest BCUT2D eigenvalue weighted by molar-refractivity contribution is -0.118. The fourth-order valence-electron chi connectivity index (χ4n) is 1.30. The van der Waals surface area contributed by atoms with Gasteiger partial charge in [-0.05, 0) is 6.07 Å². The minimum absolute atomic E-state index is 0.0645. The Hall–Kier alpha value is -1.82. The van der Waals surface area contributed by atoms with E-state index in [4.69, 9.17) is 4.42 Å². The Bertz CT molecular complexity index is 387. The lowest BCUT2D eigenvalue weighted by Gasteiger charge is -2.05. The van der Waals surface area contributed by atoms with E-state index in [0.29, 0.717) is 19.6 Å². The third kappa shape index (κ3) is 4.28. The van der Waals surface area contributed by atoms with Crippen LogP contribution in [0, 0.1) is 0 Å². The van der Waals surface area contributed by atoms with E-state index in [0.717, 1.165) is 5.56 Å². The molecule has 6 heteroatoms. The summed E-state index contributed by atoms with van der Waals surface area (Å²) in [6.07, 6.45) is 1.44. The molecular formula is C11H16N2O4. The van der Waals surface area contributed by atoms with Crippen molar-refractivity contribution in [2.24, 2.45) is 0 Å². The smallest absolute Gasteiger partial charge is 0.374 e. The van der Waals surface area contributed by atoms with Gasteiger partial charge >= 0.3 is 5.97 Å². The Morgan fingerprint density at radius 1 is 1.41 bits per heavy atom. The summed E-state index contributed by atoms with van der Waals surface area (Å²) in [5.74, 6) is -0.349. The van der Waals surface area contributed by atoms with Crippen molar-refractivity contribution in [3.63, 3.8) is 0 Å². The van der Waals surface area contributed by atoms with Crippen molar-refractivity contribution in [2.75, 3.05) is 20.2 Å². The van der Waals surface area contributed by atoms with Gasteiger partial charge in [0.25, 0.3) is 0 Å². The minimum Gasteiger partial charge on any atom is -0.463 e. The predicted octanol–water partition coefficient (Wildman–Crippen LogP) is 0.292. The molecule has 94 valence electrons. The van der Waals surface area contributed by atoms with Crippen LogP contribution in [0.1, 0.15) is 23.0 Å². The Morgan fingerprint density at radius 2 is 2.18 bits per heavy atom. The number of carbonyl (C=O) groups excluding carboxylic acids is 2. The normalized spacial score (nSPS) is 10.0. The number of hydrogen-bond acceptors (Lipinski definition) is 5. The summed E-state index contributed by atoms with van der Waals surface area (Å²) in [6, 6.07) is 1.71. The molecule has 6 nitrogen and oxygen atoms in total. The molecule has 0 unspecified atom stereocenters. The first-order chi connectivity index (χ1) is 8.15. The van der Waals surface area contributed by atoms with Crippen LogP contribution in [0.25, 0.3) is 0 Å². The Balaban J connectivity index is 2.34. The second-order valence-corrected chi connectivity index (χ2v) is 3.43. The first-order valence-corrected chi connectivity index (χ1v) is 5.25. The number of furan rings is 1. The summed E-state index contributed by atoms with van der Waals surface area (Å²) in [5.41, 5.74) is 0.736. The van der Waals surface area contributed by atoms with Gasteiger partial charge in [-0.2, -0.15) is 0 Å². The number of methoxy groups -OCH3 is 1. The molecule has 1 aromatic heterocycles. The number of carbonyl (C=O) groups is 2. The lowest BCUT2D eigenvalue weighted by atomic mass is 10.2. The van der Waals surface area contributed by atoms with Crippen LogP contribution < -0.4 is 10.6 Å². The molecule has 0 radical (unpaired) electrons. The van der Waals surface area contributed by atoms with Gasteiger partial charge < -0.3 is 19.8 Å². The molecule has 0 saturated carbocycles. The van der Waals surface area contributed by atoms with Crippen molar-refractivity contribution in [3.05, 3.63) is 23.7 Å². The van der Waals surface area contributed by atoms with E-state index in [1.54, 1.807) is 6.07 Å². The van der Waals surface area contributed by atoms with Crippen LogP contribution >= 0.6 is 0 Å². The third-order valence-corrected chi connectivity index (χ3v) is 2.11. The molecule has 0 aliphatic rings. The second kappa shape index (κ2) is 6.70. The van der Waals surface area contributed by atoms with Gasteiger partial charge in [0.2, 0.25) is 11.7 Å². The molecule has 1 amide bonds. The molecular weight excluding hydrogens is 224 g/mol. The molecule has 1 heterocycles. The maximum atomic E-state index is 11.3. The van der Waals surface area contributed by atoms with Gasteiger partial charge in [-0.1, -0.05) is 0 Å². The van der Waals surface area contributed by atoms with Crippen LogP contribution in [0.15, 0.2) is 16.7 Å². The first-order valence-electron chi connectivity index (χ1n) is 5.25. The van der Waals surface area contributed by atoms with Gasteiger partial charge in [0.1, 0.15) is 0 Å². The highest BCUT2D eigenvalue weighted by Gasteiger charge is 2.14. The molecule has 0 aromatic carbocycles. The van der Waals surface area contributed by atoms with E-state index in [1.165, 1.54) is 20.3 Å². The third-order valence-electron chi connectivity index (χ3n) is 2.11. The number of hydrogen-bond donors (Lipinski definition) is 2. The fraction of sp³-hybridized carbons (Fsp3) is 0.455. The molecule has 0 bridgehead atoms. The van der Waals surface area contributed by atoms with E-state index in [1.807, 2.05) is 0 Å². The van der Waals surface area contributed by atoms with Crippen LogP contribution in [0.4, 0.5) is 0 Å². The highest BCUT2D eigenvalue weighted by molar-refractivity contribution is 5.87. The van der Waals surface area contributed by atoms with E-state index < -0.39 is 5.97 Å². The maximum Gasteiger partial charge on any atom is 0.374 e. The lowest BCUT2D eigenvalue weighted by Crippen LogP contribution is -2.30. The minimum atomic E-state index is -0.492. The van der Waals surface area contributed by atoms with Crippen LogP contribution in [-0.4, -0.2) is 32.1 Å². The Morgan fingerprint density at radius 3 is 2.82 bits per heavy atom. The summed E-state index contributed by atoms with van der Waals surface area (Å²) < 4.78 is 9.61. The standard InChI is InChI=1S/C11H16N2O4/c1-8(14)13-5-4-12-7-9-3-6-17-10(9)11(15)16-2/h3,6,12H,4-5,7H2,1-2H3,(H,13,14). The monoisotopic (exact) mass is 240 g/mol. The molecule has 0 atom stereocenters. The molecule has 0 spiro atoms. The zero-order chi connectivity index (χ0) is 12.7. The second-order valence-electron chi connectivity index (χ2n) is 3.43. The van der Waals surface area contributed by atoms with Crippen LogP contribution in [0.3, 0.4) is 0 Å². The molecule has 17 heavy (non-hydrogen) atoms. The van der Waals surface area contributed by atoms with Crippen molar-refractivity contribution in [1.82, 2.24) is 10.6 Å². The number of rotatable bonds is 6. The van der Waals surface area contributed by atoms with Crippen molar-refractivity contribution >= 4 is 11.9 Å². The summed E-state index contributed by atoms with van der Waals surface area (Å²) in [6.45, 7) is 3.11. The number of amides is 1. The van der Waals surface area contributed by atoms with Gasteiger partial charge in [0.05, 0.1) is 13.4 Å². The van der Waals surface area contributed by atoms with E-state index in [2.05, 4.69) is 15.4 Å². The highest BCUT2D eigenvalue weighted by atomic mass is 16.5. The van der Waals surface area contributed by atoms with Gasteiger partial charge in [-0.25, -0.2) is 4.79 Å². The quantitative estimate of drug-likeness (QED) is 0.552. The van der Waals surface area contributed by atoms with E-state index >= 15 is 0 Å². The molecule has 1 aromatic rings. The van der Waals surface area contributed by atoms with Crippen LogP contribution in [0.2, 0.25) is 0 Å². The number of nitrogens with one attached hydrogen (secondary N) is 2. The molecule has 1 rings (SSSR count). The highest BCUT2D eigenvalue weighted by Crippen LogP contribution is 2.11. The molecule has 0 fully saturated rings. The van der Waals surface area contributed by atoms with Crippen molar-refractivity contribution in [2.45, 2.75) is 13.5 Å². The predicted molar refractivity (Wildman–Crippen MR) is 60.4 cm³/mol. The van der Waals surface area contributed by atoms with Crippen LogP contribution in [-0.2, 0) is 16.1 Å². The summed E-state index contributed by atoms with van der Waals surface area (Å²) >= 11 is 0. The van der Waals surface area contributed by atoms with Gasteiger partial charge in [-0.3, -0.25) is 4.79 Å². The molecule has 0 saturated heterocycles. The number of esters is 1. The summed E-state index contributed by atoms with van der Waals surface area (Å²) in [5, 5.41) is 5.74. The van der Waals surface area contributed by atoms with Crippen molar-refractivity contribution in [3.8, 4) is 0 Å². The summed E-state index contributed by atoms with van der Waals surface area (Å²) in [7, 11) is 1.30. The Kier molecular flexibility index (Phi) is 5.22. The van der Waals surface area contributed by atoms with Gasteiger partial charge in [-0.15, -0.1) is 0 Å². The molecule has 0 aliphatic heterocycles. The Labute approximate surface area is 99.3 Å². The van der Waals surface area contributed by atoms with E-state index in [9.17, 15) is 9.59 Å². The average molecular weight is 240 g/mol. The van der Waals surface area contributed by atoms with Gasteiger partial charge in [0, 0.05) is 32.1 Å². The molecule has 2 N–H and O–H groups in total. The van der Waals surface area contributed by atoms with Crippen molar-refractivity contribution < 1.29 is 18.7 Å². The summed E-state index contributed by atoms with van der Waals surface area (Å²) in [4.78, 5) is 21.9. The van der Waals surface area contributed by atoms with E-state index in [-0.39, 0.29) is 11.7 Å². The topological polar surface area (TPSA) is 80.6 Å². The maximum absolute atomic E-state index is 11.3. The average Bonchev–Trinajstić information content (AvgIpc) is 2.75.